The second kappa shape index (κ2) is 7.65. The van der Waals surface area contributed by atoms with Crippen LogP contribution in [0.3, 0.4) is 0 Å². The Labute approximate surface area is 164 Å². The number of hydrogen-bond donors (Lipinski definition) is 2. The van der Waals surface area contributed by atoms with Crippen LogP contribution in [0.25, 0.3) is 6.08 Å². The minimum Gasteiger partial charge on any atom is -0.493 e. The van der Waals surface area contributed by atoms with Crippen molar-refractivity contribution in [3.05, 3.63) is 58.7 Å². The number of benzene rings is 2. The molecule has 2 aromatic rings. The largest absolute Gasteiger partial charge is 0.493 e. The monoisotopic (exact) mass is 382 g/mol. The van der Waals surface area contributed by atoms with E-state index in [0.29, 0.717) is 17.4 Å². The summed E-state index contributed by atoms with van der Waals surface area (Å²) in [6.45, 7) is 3.51. The van der Waals surface area contributed by atoms with Crippen molar-refractivity contribution in [2.75, 3.05) is 29.7 Å². The third kappa shape index (κ3) is 4.11. The molecular formula is C22H23ClN2O2. The smallest absolute Gasteiger partial charge is 0.255 e. The third-order valence-electron chi connectivity index (χ3n) is 5.07. The van der Waals surface area contributed by atoms with Crippen LogP contribution in [-0.2, 0) is 0 Å². The number of carbonyl (C=O) groups excluding carboxylic acids is 1. The van der Waals surface area contributed by atoms with E-state index >= 15 is 0 Å². The number of nitrogens with one attached hydrogen (secondary N) is 2. The van der Waals surface area contributed by atoms with E-state index in [1.54, 1.807) is 12.1 Å². The van der Waals surface area contributed by atoms with Gasteiger partial charge in [-0.15, -0.1) is 11.6 Å². The molecule has 0 bridgehead atoms. The first-order chi connectivity index (χ1) is 13.1. The Morgan fingerprint density at radius 2 is 2.00 bits per heavy atom. The number of rotatable bonds is 6. The van der Waals surface area contributed by atoms with Crippen LogP contribution in [0.2, 0.25) is 0 Å². The van der Waals surface area contributed by atoms with E-state index in [2.05, 4.69) is 16.7 Å². The molecule has 0 saturated heterocycles. The van der Waals surface area contributed by atoms with E-state index in [9.17, 15) is 4.79 Å². The van der Waals surface area contributed by atoms with Gasteiger partial charge >= 0.3 is 0 Å². The lowest BCUT2D eigenvalue weighted by Crippen LogP contribution is -2.16. The highest BCUT2D eigenvalue weighted by molar-refractivity contribution is 6.20. The van der Waals surface area contributed by atoms with E-state index < -0.39 is 0 Å². The topological polar surface area (TPSA) is 50.4 Å². The summed E-state index contributed by atoms with van der Waals surface area (Å²) in [7, 11) is 0. The standard InChI is InChI=1S/C22H23ClN2O2/c1-14-20(9-6-18-10-16(11-23)12-24-21(14)18)25-22(26)17-4-7-19(8-5-17)27-13-15-2-3-15/h4-10,15,24H,2-3,11-13H2,1H3,(H,25,26). The predicted molar refractivity (Wildman–Crippen MR) is 111 cm³/mol. The van der Waals surface area contributed by atoms with Crippen molar-refractivity contribution >= 4 is 35.0 Å². The van der Waals surface area contributed by atoms with Gasteiger partial charge in [0.2, 0.25) is 0 Å². The summed E-state index contributed by atoms with van der Waals surface area (Å²) in [6, 6.07) is 11.3. The minimum atomic E-state index is -0.125. The highest BCUT2D eigenvalue weighted by atomic mass is 35.5. The lowest BCUT2D eigenvalue weighted by molar-refractivity contribution is 0.102. The highest BCUT2D eigenvalue weighted by Gasteiger charge is 2.22. The van der Waals surface area contributed by atoms with Crippen molar-refractivity contribution in [2.24, 2.45) is 5.92 Å². The second-order valence-corrected chi connectivity index (χ2v) is 7.49. The molecule has 1 heterocycles. The van der Waals surface area contributed by atoms with Gasteiger partial charge in [-0.1, -0.05) is 12.1 Å². The molecule has 1 aliphatic heterocycles. The Morgan fingerprint density at radius 3 is 2.70 bits per heavy atom. The molecule has 0 aromatic heterocycles. The van der Waals surface area contributed by atoms with Crippen molar-refractivity contribution in [2.45, 2.75) is 19.8 Å². The van der Waals surface area contributed by atoms with E-state index in [4.69, 9.17) is 16.3 Å². The number of ether oxygens (including phenoxy) is 1. The maximum Gasteiger partial charge on any atom is 0.255 e. The van der Waals surface area contributed by atoms with Crippen LogP contribution in [-0.4, -0.2) is 24.9 Å². The van der Waals surface area contributed by atoms with Gasteiger partial charge in [0, 0.05) is 29.4 Å². The van der Waals surface area contributed by atoms with Gasteiger partial charge in [0.25, 0.3) is 5.91 Å². The first-order valence-electron chi connectivity index (χ1n) is 9.31. The molecule has 4 rings (SSSR count). The average Bonchev–Trinajstić information content (AvgIpc) is 3.53. The summed E-state index contributed by atoms with van der Waals surface area (Å²) < 4.78 is 5.73. The zero-order valence-electron chi connectivity index (χ0n) is 15.3. The molecule has 1 amide bonds. The summed E-state index contributed by atoms with van der Waals surface area (Å²) in [6.07, 6.45) is 4.63. The van der Waals surface area contributed by atoms with Gasteiger partial charge in [-0.25, -0.2) is 0 Å². The lowest BCUT2D eigenvalue weighted by Gasteiger charge is -2.21. The molecule has 140 valence electrons. The van der Waals surface area contributed by atoms with Crippen LogP contribution in [0.15, 0.2) is 42.0 Å². The highest BCUT2D eigenvalue weighted by Crippen LogP contribution is 2.33. The first kappa shape index (κ1) is 17.9. The molecule has 1 fully saturated rings. The fourth-order valence-corrected chi connectivity index (χ4v) is 3.35. The zero-order valence-corrected chi connectivity index (χ0v) is 16.1. The van der Waals surface area contributed by atoms with Crippen LogP contribution in [0, 0.1) is 12.8 Å². The third-order valence-corrected chi connectivity index (χ3v) is 5.41. The molecule has 0 unspecified atom stereocenters. The lowest BCUT2D eigenvalue weighted by atomic mass is 10.00. The van der Waals surface area contributed by atoms with Gasteiger partial charge in [0.15, 0.2) is 0 Å². The van der Waals surface area contributed by atoms with E-state index in [-0.39, 0.29) is 5.91 Å². The molecule has 27 heavy (non-hydrogen) atoms. The molecule has 2 aliphatic rings. The van der Waals surface area contributed by atoms with Crippen molar-refractivity contribution in [3.8, 4) is 5.75 Å². The molecule has 0 spiro atoms. The van der Waals surface area contributed by atoms with Crippen molar-refractivity contribution < 1.29 is 9.53 Å². The average molecular weight is 383 g/mol. The van der Waals surface area contributed by atoms with Crippen LogP contribution in [0.5, 0.6) is 5.75 Å². The molecule has 1 saturated carbocycles. The van der Waals surface area contributed by atoms with Crippen molar-refractivity contribution in [1.82, 2.24) is 0 Å². The molecule has 2 aromatic carbocycles. The van der Waals surface area contributed by atoms with Gasteiger partial charge in [0.05, 0.1) is 6.61 Å². The summed E-state index contributed by atoms with van der Waals surface area (Å²) in [5.41, 5.74) is 5.75. The van der Waals surface area contributed by atoms with E-state index in [1.165, 1.54) is 12.8 Å². The van der Waals surface area contributed by atoms with E-state index in [0.717, 1.165) is 47.0 Å². The molecule has 1 aliphatic carbocycles. The Kier molecular flexibility index (Phi) is 5.08. The summed E-state index contributed by atoms with van der Waals surface area (Å²) in [5.74, 6) is 1.92. The van der Waals surface area contributed by atoms with Crippen LogP contribution >= 0.6 is 11.6 Å². The maximum absolute atomic E-state index is 12.6. The predicted octanol–water partition coefficient (Wildman–Crippen LogP) is 5.08. The number of alkyl halides is 1. The quantitative estimate of drug-likeness (QED) is 0.684. The van der Waals surface area contributed by atoms with Crippen molar-refractivity contribution in [3.63, 3.8) is 0 Å². The first-order valence-corrected chi connectivity index (χ1v) is 9.84. The van der Waals surface area contributed by atoms with Gasteiger partial charge in [-0.05, 0) is 72.7 Å². The van der Waals surface area contributed by atoms with Crippen LogP contribution in [0.4, 0.5) is 11.4 Å². The summed E-state index contributed by atoms with van der Waals surface area (Å²) >= 11 is 5.93. The Morgan fingerprint density at radius 1 is 1.22 bits per heavy atom. The van der Waals surface area contributed by atoms with Gasteiger partial charge < -0.3 is 15.4 Å². The van der Waals surface area contributed by atoms with Gasteiger partial charge in [-0.3, -0.25) is 4.79 Å². The summed E-state index contributed by atoms with van der Waals surface area (Å²) in [5, 5.41) is 6.42. The van der Waals surface area contributed by atoms with Crippen LogP contribution in [0.1, 0.15) is 34.3 Å². The van der Waals surface area contributed by atoms with Gasteiger partial charge in [0.1, 0.15) is 5.75 Å². The molecule has 4 nitrogen and oxygen atoms in total. The minimum absolute atomic E-state index is 0.125. The van der Waals surface area contributed by atoms with E-state index in [1.807, 2.05) is 31.2 Å². The molecule has 2 N–H and O–H groups in total. The second-order valence-electron chi connectivity index (χ2n) is 7.23. The number of hydrogen-bond acceptors (Lipinski definition) is 3. The maximum atomic E-state index is 12.6. The fourth-order valence-electron chi connectivity index (χ4n) is 3.18. The number of amides is 1. The number of carbonyl (C=O) groups is 1. The van der Waals surface area contributed by atoms with Crippen LogP contribution < -0.4 is 15.4 Å². The SMILES string of the molecule is Cc1c(NC(=O)c2ccc(OCC3CC3)cc2)ccc2c1NCC(CCl)=C2. The normalized spacial score (nSPS) is 15.4. The number of anilines is 2. The molecule has 5 heteroatoms. The molecule has 0 atom stereocenters. The zero-order chi connectivity index (χ0) is 18.8. The molecule has 0 radical (unpaired) electrons. The Balaban J connectivity index is 1.45. The van der Waals surface area contributed by atoms with Gasteiger partial charge in [-0.2, -0.15) is 0 Å². The number of fused-ring (bicyclic) bond motifs is 1. The number of halogens is 1. The molecular weight excluding hydrogens is 360 g/mol. The fraction of sp³-hybridized carbons (Fsp3) is 0.318. The Bertz CT molecular complexity index is 886. The summed E-state index contributed by atoms with van der Waals surface area (Å²) in [4.78, 5) is 12.6. The van der Waals surface area contributed by atoms with Crippen molar-refractivity contribution in [1.29, 1.82) is 0 Å². The Hall–Kier alpha value is -2.46.